The zero-order valence-electron chi connectivity index (χ0n) is 16.3. The van der Waals surface area contributed by atoms with Crippen LogP contribution in [0.5, 0.6) is 5.75 Å². The Morgan fingerprint density at radius 2 is 1.67 bits per heavy atom. The minimum atomic E-state index is -3.63. The third kappa shape index (κ3) is 4.51. The molecule has 1 aliphatic heterocycles. The molecule has 0 aliphatic carbocycles. The fourth-order valence-electron chi connectivity index (χ4n) is 3.11. The summed E-state index contributed by atoms with van der Waals surface area (Å²) >= 11 is 0. The molecule has 2 aromatic rings. The molecular weight excluding hydrogens is 404 g/mol. The summed E-state index contributed by atoms with van der Waals surface area (Å²) in [4.78, 5) is 2.28. The molecule has 0 radical (unpaired) electrons. The van der Waals surface area contributed by atoms with Gasteiger partial charge < -0.3 is 9.64 Å². The number of methoxy groups -OCH3 is 1. The van der Waals surface area contributed by atoms with Gasteiger partial charge in [-0.1, -0.05) is 12.1 Å². The number of anilines is 2. The average molecular weight is 424 g/mol. The Kier molecular flexibility index (Phi) is 6.52. The summed E-state index contributed by atoms with van der Waals surface area (Å²) in [5.74, 6) is 0.760. The summed E-state index contributed by atoms with van der Waals surface area (Å²) in [5, 5.41) is 21.0. The van der Waals surface area contributed by atoms with Gasteiger partial charge in [0.2, 0.25) is 15.7 Å². The number of hydrogen-bond acceptors (Lipinski definition) is 8. The maximum atomic E-state index is 13.0. The first-order valence-electron chi connectivity index (χ1n) is 9.11. The van der Waals surface area contributed by atoms with Crippen LogP contribution in [-0.2, 0) is 10.0 Å². The van der Waals surface area contributed by atoms with E-state index in [1.54, 1.807) is 19.2 Å². The van der Waals surface area contributed by atoms with Gasteiger partial charge in [-0.25, -0.2) is 8.42 Å². The van der Waals surface area contributed by atoms with E-state index < -0.39 is 10.0 Å². The Morgan fingerprint density at radius 1 is 1.03 bits per heavy atom. The lowest BCUT2D eigenvalue weighted by Crippen LogP contribution is -2.48. The standard InChI is InChI=1S/C20H20N6O3S/c1-29-20-5-3-2-4-19(20)25-10-12-26(13-11-25)30(27,28)18-8-6-16(7-9-18)23-24-17(14-21)15-22/h2-9,23H,10-13H2,1H3. The number of nitrogens with one attached hydrogen (secondary N) is 1. The molecule has 0 amide bonds. The zero-order valence-corrected chi connectivity index (χ0v) is 17.1. The van der Waals surface area contributed by atoms with Crippen molar-refractivity contribution >= 4 is 27.1 Å². The average Bonchev–Trinajstić information content (AvgIpc) is 2.80. The minimum Gasteiger partial charge on any atom is -0.495 e. The van der Waals surface area contributed by atoms with Crippen LogP contribution in [0.3, 0.4) is 0 Å². The second kappa shape index (κ2) is 9.27. The van der Waals surface area contributed by atoms with Crippen molar-refractivity contribution in [2.45, 2.75) is 4.90 Å². The molecule has 10 heteroatoms. The van der Waals surface area contributed by atoms with Crippen LogP contribution in [0.4, 0.5) is 11.4 Å². The molecule has 0 atom stereocenters. The summed E-state index contributed by atoms with van der Waals surface area (Å²) in [6.45, 7) is 1.83. The van der Waals surface area contributed by atoms with Crippen molar-refractivity contribution in [3.05, 3.63) is 48.5 Å². The van der Waals surface area contributed by atoms with Crippen molar-refractivity contribution in [2.24, 2.45) is 5.10 Å². The second-order valence-electron chi connectivity index (χ2n) is 6.38. The van der Waals surface area contributed by atoms with E-state index in [1.165, 1.54) is 28.6 Å². The third-order valence-corrected chi connectivity index (χ3v) is 6.58. The molecule has 3 rings (SSSR count). The number of hydrogen-bond donors (Lipinski definition) is 1. The van der Waals surface area contributed by atoms with Crippen molar-refractivity contribution in [1.29, 1.82) is 10.5 Å². The second-order valence-corrected chi connectivity index (χ2v) is 8.32. The number of hydrazone groups is 1. The maximum Gasteiger partial charge on any atom is 0.243 e. The summed E-state index contributed by atoms with van der Waals surface area (Å²) in [6.07, 6.45) is 0. The van der Waals surface area contributed by atoms with E-state index >= 15 is 0 Å². The van der Waals surface area contributed by atoms with Gasteiger partial charge in [0.15, 0.2) is 0 Å². The highest BCUT2D eigenvalue weighted by molar-refractivity contribution is 7.89. The van der Waals surface area contributed by atoms with E-state index in [2.05, 4.69) is 15.4 Å². The smallest absolute Gasteiger partial charge is 0.243 e. The Labute approximate surface area is 175 Å². The number of nitrogens with zero attached hydrogens (tertiary/aromatic N) is 5. The van der Waals surface area contributed by atoms with E-state index in [-0.39, 0.29) is 10.6 Å². The summed E-state index contributed by atoms with van der Waals surface area (Å²) in [6, 6.07) is 16.9. The fourth-order valence-corrected chi connectivity index (χ4v) is 4.53. The van der Waals surface area contributed by atoms with Crippen LogP contribution in [-0.4, -0.2) is 51.7 Å². The van der Waals surface area contributed by atoms with Crippen molar-refractivity contribution in [1.82, 2.24) is 4.31 Å². The molecule has 0 aromatic heterocycles. The quantitative estimate of drug-likeness (QED) is 0.556. The molecule has 0 saturated carbocycles. The third-order valence-electron chi connectivity index (χ3n) is 4.67. The number of sulfonamides is 1. The monoisotopic (exact) mass is 424 g/mol. The lowest BCUT2D eigenvalue weighted by atomic mass is 10.2. The SMILES string of the molecule is COc1ccccc1N1CCN(S(=O)(=O)c2ccc(NN=C(C#N)C#N)cc2)CC1. The van der Waals surface area contributed by atoms with Crippen LogP contribution in [0.25, 0.3) is 0 Å². The summed E-state index contributed by atoms with van der Waals surface area (Å²) in [7, 11) is -2.02. The van der Waals surface area contributed by atoms with Crippen LogP contribution >= 0.6 is 0 Å². The number of piperazine rings is 1. The number of ether oxygens (including phenoxy) is 1. The zero-order chi connectivity index (χ0) is 21.6. The highest BCUT2D eigenvalue weighted by Gasteiger charge is 2.29. The molecule has 1 fully saturated rings. The maximum absolute atomic E-state index is 13.0. The minimum absolute atomic E-state index is 0.170. The van der Waals surface area contributed by atoms with Gasteiger partial charge in [-0.15, -0.1) is 0 Å². The van der Waals surface area contributed by atoms with Crippen LogP contribution in [0.1, 0.15) is 0 Å². The van der Waals surface area contributed by atoms with Gasteiger partial charge >= 0.3 is 0 Å². The molecule has 9 nitrogen and oxygen atoms in total. The lowest BCUT2D eigenvalue weighted by molar-refractivity contribution is 0.378. The highest BCUT2D eigenvalue weighted by Crippen LogP contribution is 2.29. The van der Waals surface area contributed by atoms with Gasteiger partial charge in [0.05, 0.1) is 23.4 Å². The Bertz CT molecular complexity index is 1090. The Balaban J connectivity index is 1.68. The molecule has 154 valence electrons. The van der Waals surface area contributed by atoms with E-state index in [0.29, 0.717) is 31.9 Å². The van der Waals surface area contributed by atoms with Crippen LogP contribution in [0, 0.1) is 22.7 Å². The molecule has 0 unspecified atom stereocenters. The van der Waals surface area contributed by atoms with E-state index in [1.807, 2.05) is 24.3 Å². The van der Waals surface area contributed by atoms with Crippen molar-refractivity contribution in [3.8, 4) is 17.9 Å². The first kappa shape index (κ1) is 21.1. The van der Waals surface area contributed by atoms with E-state index in [9.17, 15) is 8.42 Å². The van der Waals surface area contributed by atoms with Crippen LogP contribution in [0.2, 0.25) is 0 Å². The van der Waals surface area contributed by atoms with Gasteiger partial charge in [0.1, 0.15) is 17.9 Å². The number of para-hydroxylation sites is 2. The van der Waals surface area contributed by atoms with E-state index in [0.717, 1.165) is 11.4 Å². The normalized spacial score (nSPS) is 14.3. The topological polar surface area (TPSA) is 122 Å². The molecule has 1 saturated heterocycles. The predicted molar refractivity (Wildman–Crippen MR) is 113 cm³/mol. The lowest BCUT2D eigenvalue weighted by Gasteiger charge is -2.35. The first-order valence-corrected chi connectivity index (χ1v) is 10.6. The van der Waals surface area contributed by atoms with Gasteiger partial charge in [-0.2, -0.15) is 19.9 Å². The molecule has 1 N–H and O–H groups in total. The number of nitriles is 2. The molecule has 30 heavy (non-hydrogen) atoms. The molecule has 0 bridgehead atoms. The van der Waals surface area contributed by atoms with Crippen molar-refractivity contribution in [3.63, 3.8) is 0 Å². The summed E-state index contributed by atoms with van der Waals surface area (Å²) in [5.41, 5.74) is 3.65. The highest BCUT2D eigenvalue weighted by atomic mass is 32.2. The van der Waals surface area contributed by atoms with Crippen molar-refractivity contribution < 1.29 is 13.2 Å². The predicted octanol–water partition coefficient (Wildman–Crippen LogP) is 2.02. The molecular formula is C20H20N6O3S. The number of benzene rings is 2. The first-order chi connectivity index (χ1) is 14.5. The van der Waals surface area contributed by atoms with Crippen molar-refractivity contribution in [2.75, 3.05) is 43.6 Å². The molecule has 1 heterocycles. The molecule has 0 spiro atoms. The van der Waals surface area contributed by atoms with E-state index in [4.69, 9.17) is 15.3 Å². The van der Waals surface area contributed by atoms with Crippen LogP contribution in [0.15, 0.2) is 58.5 Å². The molecule has 1 aliphatic rings. The fraction of sp³-hybridized carbons (Fsp3) is 0.250. The summed E-state index contributed by atoms with van der Waals surface area (Å²) < 4.78 is 32.8. The largest absolute Gasteiger partial charge is 0.495 e. The molecule has 2 aromatic carbocycles. The number of rotatable bonds is 6. The Morgan fingerprint density at radius 3 is 2.27 bits per heavy atom. The Hall–Kier alpha value is -3.60. The van der Waals surface area contributed by atoms with Gasteiger partial charge in [0, 0.05) is 26.2 Å². The van der Waals surface area contributed by atoms with Crippen LogP contribution < -0.4 is 15.1 Å². The van der Waals surface area contributed by atoms with Gasteiger partial charge in [-0.3, -0.25) is 5.43 Å². The van der Waals surface area contributed by atoms with Gasteiger partial charge in [-0.05, 0) is 36.4 Å². The van der Waals surface area contributed by atoms with Gasteiger partial charge in [0.25, 0.3) is 0 Å².